The van der Waals surface area contributed by atoms with Gasteiger partial charge in [-0.1, -0.05) is 12.1 Å². The summed E-state index contributed by atoms with van der Waals surface area (Å²) in [5.74, 6) is 1.42. The molecule has 1 heterocycles. The van der Waals surface area contributed by atoms with Gasteiger partial charge >= 0.3 is 0 Å². The molecule has 5 nitrogen and oxygen atoms in total. The van der Waals surface area contributed by atoms with Crippen molar-refractivity contribution in [2.24, 2.45) is 0 Å². The van der Waals surface area contributed by atoms with Gasteiger partial charge in [0, 0.05) is 12.2 Å². The van der Waals surface area contributed by atoms with Gasteiger partial charge in [-0.05, 0) is 54.8 Å². The normalized spacial score (nSPS) is 12.1. The van der Waals surface area contributed by atoms with Crippen LogP contribution in [0.4, 0.5) is 5.69 Å². The molecular formula is C18H20N2O3. The van der Waals surface area contributed by atoms with Gasteiger partial charge in [-0.3, -0.25) is 4.79 Å². The fourth-order valence-corrected chi connectivity index (χ4v) is 2.57. The maximum absolute atomic E-state index is 12.0. The molecule has 0 atom stereocenters. The molecule has 0 spiro atoms. The summed E-state index contributed by atoms with van der Waals surface area (Å²) in [4.78, 5) is 12.0. The molecule has 2 aromatic rings. The van der Waals surface area contributed by atoms with Gasteiger partial charge in [0.1, 0.15) is 0 Å². The molecular weight excluding hydrogens is 292 g/mol. The SMILES string of the molecule is Cc1cc(C)cc(NCC(=O)NCc2ccc3c(c2)OCO3)c1. The molecule has 1 aliphatic rings. The Balaban J connectivity index is 1.49. The predicted molar refractivity (Wildman–Crippen MR) is 88.8 cm³/mol. The third-order valence-electron chi connectivity index (χ3n) is 3.60. The summed E-state index contributed by atoms with van der Waals surface area (Å²) >= 11 is 0. The summed E-state index contributed by atoms with van der Waals surface area (Å²) in [5.41, 5.74) is 4.29. The van der Waals surface area contributed by atoms with Crippen molar-refractivity contribution >= 4 is 11.6 Å². The van der Waals surface area contributed by atoms with Crippen molar-refractivity contribution in [3.05, 3.63) is 53.1 Å². The average Bonchev–Trinajstić information content (AvgIpc) is 2.97. The van der Waals surface area contributed by atoms with Crippen LogP contribution in [0.5, 0.6) is 11.5 Å². The largest absolute Gasteiger partial charge is 0.454 e. The van der Waals surface area contributed by atoms with Gasteiger partial charge in [-0.15, -0.1) is 0 Å². The van der Waals surface area contributed by atoms with E-state index in [1.165, 1.54) is 11.1 Å². The first-order valence-corrected chi connectivity index (χ1v) is 7.57. The lowest BCUT2D eigenvalue weighted by Gasteiger charge is -2.10. The lowest BCUT2D eigenvalue weighted by molar-refractivity contribution is -0.119. The van der Waals surface area contributed by atoms with E-state index in [2.05, 4.69) is 16.7 Å². The Morgan fingerprint density at radius 1 is 1.04 bits per heavy atom. The first-order valence-electron chi connectivity index (χ1n) is 7.57. The minimum atomic E-state index is -0.0539. The van der Waals surface area contributed by atoms with E-state index in [1.807, 2.05) is 44.2 Å². The van der Waals surface area contributed by atoms with E-state index in [0.717, 1.165) is 22.7 Å². The molecule has 3 rings (SSSR count). The van der Waals surface area contributed by atoms with Crippen molar-refractivity contribution in [2.75, 3.05) is 18.7 Å². The van der Waals surface area contributed by atoms with Crippen LogP contribution in [0.1, 0.15) is 16.7 Å². The summed E-state index contributed by atoms with van der Waals surface area (Å²) in [7, 11) is 0. The molecule has 0 aromatic heterocycles. The van der Waals surface area contributed by atoms with Gasteiger partial charge in [0.15, 0.2) is 11.5 Å². The number of carbonyl (C=O) groups is 1. The van der Waals surface area contributed by atoms with Crippen molar-refractivity contribution in [3.8, 4) is 11.5 Å². The standard InChI is InChI=1S/C18H20N2O3/c1-12-5-13(2)7-15(6-12)19-10-18(21)20-9-14-3-4-16-17(8-14)23-11-22-16/h3-8,19H,9-11H2,1-2H3,(H,20,21). The zero-order valence-corrected chi connectivity index (χ0v) is 13.3. The maximum atomic E-state index is 12.0. The Labute approximate surface area is 135 Å². The first-order chi connectivity index (χ1) is 11.1. The minimum absolute atomic E-state index is 0.0539. The number of hydrogen-bond acceptors (Lipinski definition) is 4. The van der Waals surface area contributed by atoms with Crippen LogP contribution in [0.3, 0.4) is 0 Å². The van der Waals surface area contributed by atoms with Gasteiger partial charge in [0.2, 0.25) is 12.7 Å². The summed E-state index contributed by atoms with van der Waals surface area (Å²) in [6.07, 6.45) is 0. The number of ether oxygens (including phenoxy) is 2. The second-order valence-corrected chi connectivity index (χ2v) is 5.69. The van der Waals surface area contributed by atoms with Crippen LogP contribution >= 0.6 is 0 Å². The highest BCUT2D eigenvalue weighted by Gasteiger charge is 2.13. The second-order valence-electron chi connectivity index (χ2n) is 5.69. The van der Waals surface area contributed by atoms with Crippen LogP contribution in [0.2, 0.25) is 0 Å². The van der Waals surface area contributed by atoms with Crippen molar-refractivity contribution in [1.29, 1.82) is 0 Å². The van der Waals surface area contributed by atoms with Gasteiger partial charge in [-0.2, -0.15) is 0 Å². The molecule has 0 saturated carbocycles. The van der Waals surface area contributed by atoms with Gasteiger partial charge in [0.25, 0.3) is 0 Å². The molecule has 23 heavy (non-hydrogen) atoms. The zero-order chi connectivity index (χ0) is 16.2. The second kappa shape index (κ2) is 6.60. The molecule has 0 unspecified atom stereocenters. The summed E-state index contributed by atoms with van der Waals surface area (Å²) in [6.45, 7) is 5.04. The minimum Gasteiger partial charge on any atom is -0.454 e. The predicted octanol–water partition coefficient (Wildman–Crippen LogP) is 2.76. The first kappa shape index (κ1) is 15.2. The Bertz CT molecular complexity index is 708. The third-order valence-corrected chi connectivity index (χ3v) is 3.60. The van der Waals surface area contributed by atoms with Crippen LogP contribution < -0.4 is 20.1 Å². The third kappa shape index (κ3) is 3.94. The molecule has 2 aromatic carbocycles. The quantitative estimate of drug-likeness (QED) is 0.891. The number of aryl methyl sites for hydroxylation is 2. The smallest absolute Gasteiger partial charge is 0.239 e. The molecule has 0 fully saturated rings. The van der Waals surface area contributed by atoms with Gasteiger partial charge in [-0.25, -0.2) is 0 Å². The Kier molecular flexibility index (Phi) is 4.37. The van der Waals surface area contributed by atoms with Gasteiger partial charge in [0.05, 0.1) is 6.54 Å². The number of benzene rings is 2. The number of rotatable bonds is 5. The van der Waals surface area contributed by atoms with Crippen molar-refractivity contribution < 1.29 is 14.3 Å². The van der Waals surface area contributed by atoms with Crippen LogP contribution in [0, 0.1) is 13.8 Å². The molecule has 1 amide bonds. The Hall–Kier alpha value is -2.69. The van der Waals surface area contributed by atoms with E-state index >= 15 is 0 Å². The van der Waals surface area contributed by atoms with E-state index < -0.39 is 0 Å². The number of carbonyl (C=O) groups excluding carboxylic acids is 1. The van der Waals surface area contributed by atoms with Crippen molar-refractivity contribution in [2.45, 2.75) is 20.4 Å². The lowest BCUT2D eigenvalue weighted by atomic mass is 10.1. The summed E-state index contributed by atoms with van der Waals surface area (Å²) < 4.78 is 10.6. The number of amides is 1. The van der Waals surface area contributed by atoms with E-state index in [0.29, 0.717) is 6.54 Å². The Morgan fingerprint density at radius 3 is 2.57 bits per heavy atom. The number of fused-ring (bicyclic) bond motifs is 1. The number of nitrogens with one attached hydrogen (secondary N) is 2. The zero-order valence-electron chi connectivity index (χ0n) is 13.3. The fraction of sp³-hybridized carbons (Fsp3) is 0.278. The van der Waals surface area contributed by atoms with Crippen molar-refractivity contribution in [1.82, 2.24) is 5.32 Å². The molecule has 0 aliphatic carbocycles. The molecule has 0 saturated heterocycles. The molecule has 5 heteroatoms. The Morgan fingerprint density at radius 2 is 1.78 bits per heavy atom. The highest BCUT2D eigenvalue weighted by atomic mass is 16.7. The molecule has 2 N–H and O–H groups in total. The van der Waals surface area contributed by atoms with Gasteiger partial charge < -0.3 is 20.1 Å². The maximum Gasteiger partial charge on any atom is 0.239 e. The number of hydrogen-bond donors (Lipinski definition) is 2. The summed E-state index contributed by atoms with van der Waals surface area (Å²) in [6, 6.07) is 11.8. The van der Waals surface area contributed by atoms with E-state index in [1.54, 1.807) is 0 Å². The molecule has 0 radical (unpaired) electrons. The number of anilines is 1. The van der Waals surface area contributed by atoms with Crippen LogP contribution in [-0.4, -0.2) is 19.2 Å². The topological polar surface area (TPSA) is 59.6 Å². The van der Waals surface area contributed by atoms with E-state index in [9.17, 15) is 4.79 Å². The summed E-state index contributed by atoms with van der Waals surface area (Å²) in [5, 5.41) is 6.04. The fourth-order valence-electron chi connectivity index (χ4n) is 2.57. The van der Waals surface area contributed by atoms with Crippen LogP contribution in [0.25, 0.3) is 0 Å². The highest BCUT2D eigenvalue weighted by molar-refractivity contribution is 5.80. The lowest BCUT2D eigenvalue weighted by Crippen LogP contribution is -2.29. The van der Waals surface area contributed by atoms with Crippen LogP contribution in [0.15, 0.2) is 36.4 Å². The van der Waals surface area contributed by atoms with E-state index in [-0.39, 0.29) is 19.2 Å². The highest BCUT2D eigenvalue weighted by Crippen LogP contribution is 2.32. The molecule has 0 bridgehead atoms. The molecule has 120 valence electrons. The van der Waals surface area contributed by atoms with E-state index in [4.69, 9.17) is 9.47 Å². The average molecular weight is 312 g/mol. The molecule has 1 aliphatic heterocycles. The van der Waals surface area contributed by atoms with Crippen molar-refractivity contribution in [3.63, 3.8) is 0 Å². The van der Waals surface area contributed by atoms with Crippen LogP contribution in [-0.2, 0) is 11.3 Å². The monoisotopic (exact) mass is 312 g/mol.